The molecule has 0 bridgehead atoms. The first-order chi connectivity index (χ1) is 15.6. The van der Waals surface area contributed by atoms with Crippen molar-refractivity contribution in [2.24, 2.45) is 0 Å². The number of hydrogen-bond acceptors (Lipinski definition) is 6. The number of carboxylic acid groups (broad SMARTS) is 1. The molecule has 4 aromatic rings. The zero-order valence-corrected chi connectivity index (χ0v) is 17.6. The molecule has 0 unspecified atom stereocenters. The predicted molar refractivity (Wildman–Crippen MR) is 114 cm³/mol. The molecular weight excluding hydrogens is 461 g/mol. The number of carbonyl (C=O) groups is 1. The summed E-state index contributed by atoms with van der Waals surface area (Å²) in [6.07, 6.45) is -0.785. The molecule has 0 saturated carbocycles. The van der Waals surface area contributed by atoms with Crippen LogP contribution < -0.4 is 5.32 Å². The average Bonchev–Trinajstić information content (AvgIpc) is 3.16. The topological polar surface area (TPSA) is 106 Å². The number of carboxylic acids is 1. The third-order valence-corrected chi connectivity index (χ3v) is 4.76. The Hall–Kier alpha value is -3.99. The van der Waals surface area contributed by atoms with Gasteiger partial charge in [0.2, 0.25) is 5.95 Å². The van der Waals surface area contributed by atoms with Crippen molar-refractivity contribution >= 4 is 29.2 Å². The molecule has 8 nitrogen and oxygen atoms in total. The van der Waals surface area contributed by atoms with E-state index in [4.69, 9.17) is 11.6 Å². The number of anilines is 2. The lowest BCUT2D eigenvalue weighted by atomic mass is 10.1. The van der Waals surface area contributed by atoms with E-state index in [0.29, 0.717) is 16.3 Å². The molecule has 3 heterocycles. The Morgan fingerprint density at radius 2 is 1.94 bits per heavy atom. The van der Waals surface area contributed by atoms with E-state index < -0.39 is 17.8 Å². The molecular formula is C21H14ClF3N6O2. The number of aromatic carboxylic acids is 1. The summed E-state index contributed by atoms with van der Waals surface area (Å²) in [7, 11) is 0. The molecule has 4 rings (SSSR count). The standard InChI is InChI=1S/C21H14ClF3N6O2/c1-11-5-17(21(23,24)25)30-31(11)18-16(12-6-13(19(32)33)9-26-8-12)10-27-20(29-18)28-15-4-2-3-14(22)7-15/h2-10H,1H3,(H,32,33)(H,27,28,29). The van der Waals surface area contributed by atoms with E-state index >= 15 is 0 Å². The summed E-state index contributed by atoms with van der Waals surface area (Å²) in [4.78, 5) is 23.9. The van der Waals surface area contributed by atoms with Crippen LogP contribution in [0, 0.1) is 6.92 Å². The normalized spacial score (nSPS) is 11.4. The highest BCUT2D eigenvalue weighted by Crippen LogP contribution is 2.32. The van der Waals surface area contributed by atoms with E-state index in [-0.39, 0.29) is 28.6 Å². The lowest BCUT2D eigenvalue weighted by Crippen LogP contribution is -2.11. The van der Waals surface area contributed by atoms with Gasteiger partial charge in [-0.2, -0.15) is 23.3 Å². The quantitative estimate of drug-likeness (QED) is 0.412. The fourth-order valence-electron chi connectivity index (χ4n) is 3.03. The van der Waals surface area contributed by atoms with Gasteiger partial charge < -0.3 is 10.4 Å². The van der Waals surface area contributed by atoms with Gasteiger partial charge in [-0.1, -0.05) is 17.7 Å². The van der Waals surface area contributed by atoms with Gasteiger partial charge in [0, 0.05) is 46.1 Å². The van der Waals surface area contributed by atoms with Gasteiger partial charge in [-0.05, 0) is 37.3 Å². The monoisotopic (exact) mass is 474 g/mol. The fourth-order valence-corrected chi connectivity index (χ4v) is 3.22. The Morgan fingerprint density at radius 1 is 1.15 bits per heavy atom. The Kier molecular flexibility index (Phi) is 5.73. The number of aryl methyl sites for hydroxylation is 1. The minimum absolute atomic E-state index is 0.00636. The molecule has 0 aliphatic rings. The van der Waals surface area contributed by atoms with Crippen molar-refractivity contribution in [1.29, 1.82) is 0 Å². The summed E-state index contributed by atoms with van der Waals surface area (Å²) in [5.74, 6) is -1.13. The number of aromatic nitrogens is 5. The highest BCUT2D eigenvalue weighted by atomic mass is 35.5. The van der Waals surface area contributed by atoms with Crippen LogP contribution in [0.4, 0.5) is 24.8 Å². The van der Waals surface area contributed by atoms with Gasteiger partial charge >= 0.3 is 12.1 Å². The van der Waals surface area contributed by atoms with Crippen molar-refractivity contribution in [2.75, 3.05) is 5.32 Å². The number of benzene rings is 1. The van der Waals surface area contributed by atoms with Crippen molar-refractivity contribution in [2.45, 2.75) is 13.1 Å². The Balaban J connectivity index is 1.87. The maximum atomic E-state index is 13.3. The third kappa shape index (κ3) is 4.77. The first kappa shape index (κ1) is 22.2. The molecule has 0 amide bonds. The maximum Gasteiger partial charge on any atom is 0.435 e. The first-order valence-electron chi connectivity index (χ1n) is 9.34. The first-order valence-corrected chi connectivity index (χ1v) is 9.72. The zero-order valence-electron chi connectivity index (χ0n) is 16.8. The van der Waals surface area contributed by atoms with Crippen molar-refractivity contribution in [3.63, 3.8) is 0 Å². The second-order valence-electron chi connectivity index (χ2n) is 6.91. The minimum Gasteiger partial charge on any atom is -0.478 e. The van der Waals surface area contributed by atoms with Gasteiger partial charge in [-0.3, -0.25) is 4.98 Å². The average molecular weight is 475 g/mol. The number of halogens is 4. The van der Waals surface area contributed by atoms with Crippen LogP contribution in [0.1, 0.15) is 21.7 Å². The number of nitrogens with one attached hydrogen (secondary N) is 1. The fraction of sp³-hybridized carbons (Fsp3) is 0.0952. The Labute approximate surface area is 189 Å². The van der Waals surface area contributed by atoms with Crippen LogP contribution in [0.15, 0.2) is 55.0 Å². The number of nitrogens with zero attached hydrogens (tertiary/aromatic N) is 5. The zero-order chi connectivity index (χ0) is 23.8. The van der Waals surface area contributed by atoms with Crippen molar-refractivity contribution < 1.29 is 23.1 Å². The third-order valence-electron chi connectivity index (χ3n) is 4.52. The van der Waals surface area contributed by atoms with Gasteiger partial charge in [-0.15, -0.1) is 0 Å². The van der Waals surface area contributed by atoms with Crippen molar-refractivity contribution in [3.05, 3.63) is 77.0 Å². The summed E-state index contributed by atoms with van der Waals surface area (Å²) in [6, 6.07) is 8.93. The molecule has 2 N–H and O–H groups in total. The molecule has 0 aliphatic heterocycles. The SMILES string of the molecule is Cc1cc(C(F)(F)F)nn1-c1nc(Nc2cccc(Cl)c2)ncc1-c1cncc(C(=O)O)c1. The van der Waals surface area contributed by atoms with E-state index in [2.05, 4.69) is 25.4 Å². The number of pyridine rings is 1. The second-order valence-corrected chi connectivity index (χ2v) is 7.35. The van der Waals surface area contributed by atoms with Crippen LogP contribution >= 0.6 is 11.6 Å². The minimum atomic E-state index is -4.66. The second kappa shape index (κ2) is 8.51. The van der Waals surface area contributed by atoms with E-state index in [1.165, 1.54) is 25.4 Å². The van der Waals surface area contributed by atoms with Crippen LogP contribution in [-0.4, -0.2) is 35.8 Å². The summed E-state index contributed by atoms with van der Waals surface area (Å²) < 4.78 is 40.8. The van der Waals surface area contributed by atoms with Crippen LogP contribution in [0.3, 0.4) is 0 Å². The molecule has 0 aliphatic carbocycles. The molecule has 3 aromatic heterocycles. The molecule has 0 fully saturated rings. The largest absolute Gasteiger partial charge is 0.478 e. The van der Waals surface area contributed by atoms with E-state index in [9.17, 15) is 23.1 Å². The highest BCUT2D eigenvalue weighted by molar-refractivity contribution is 6.30. The van der Waals surface area contributed by atoms with Crippen LogP contribution in [-0.2, 0) is 6.18 Å². The van der Waals surface area contributed by atoms with Crippen LogP contribution in [0.5, 0.6) is 0 Å². The predicted octanol–water partition coefficient (Wildman–Crippen LogP) is 5.15. The lowest BCUT2D eigenvalue weighted by Gasteiger charge is -2.13. The van der Waals surface area contributed by atoms with Gasteiger partial charge in [-0.25, -0.2) is 14.5 Å². The molecule has 1 aromatic carbocycles. The maximum absolute atomic E-state index is 13.3. The molecule has 0 saturated heterocycles. The van der Waals surface area contributed by atoms with Crippen LogP contribution in [0.2, 0.25) is 5.02 Å². The van der Waals surface area contributed by atoms with Gasteiger partial charge in [0.25, 0.3) is 0 Å². The van der Waals surface area contributed by atoms with E-state index in [1.54, 1.807) is 24.3 Å². The smallest absolute Gasteiger partial charge is 0.435 e. The lowest BCUT2D eigenvalue weighted by molar-refractivity contribution is -0.141. The van der Waals surface area contributed by atoms with Gasteiger partial charge in [0.15, 0.2) is 11.5 Å². The summed E-state index contributed by atoms with van der Waals surface area (Å²) in [6.45, 7) is 1.45. The number of rotatable bonds is 5. The molecule has 12 heteroatoms. The van der Waals surface area contributed by atoms with Gasteiger partial charge in [0.1, 0.15) is 0 Å². The molecule has 33 heavy (non-hydrogen) atoms. The van der Waals surface area contributed by atoms with Crippen LogP contribution in [0.25, 0.3) is 16.9 Å². The van der Waals surface area contributed by atoms with Gasteiger partial charge in [0.05, 0.1) is 5.56 Å². The summed E-state index contributed by atoms with van der Waals surface area (Å²) in [5, 5.41) is 16.4. The van der Waals surface area contributed by atoms with E-state index in [0.717, 1.165) is 16.9 Å². The molecule has 0 atom stereocenters. The van der Waals surface area contributed by atoms with Crippen molar-refractivity contribution in [3.8, 4) is 16.9 Å². The number of alkyl halides is 3. The Bertz CT molecular complexity index is 1360. The number of hydrogen-bond donors (Lipinski definition) is 2. The summed E-state index contributed by atoms with van der Waals surface area (Å²) >= 11 is 5.99. The molecule has 0 spiro atoms. The highest BCUT2D eigenvalue weighted by Gasteiger charge is 2.35. The molecule has 0 radical (unpaired) electrons. The van der Waals surface area contributed by atoms with Crippen molar-refractivity contribution in [1.82, 2.24) is 24.7 Å². The van der Waals surface area contributed by atoms with E-state index in [1.807, 2.05) is 0 Å². The molecule has 168 valence electrons. The Morgan fingerprint density at radius 3 is 2.61 bits per heavy atom. The summed E-state index contributed by atoms with van der Waals surface area (Å²) in [5.41, 5.74) is 0.0612.